The lowest BCUT2D eigenvalue weighted by molar-refractivity contribution is -0.667. The summed E-state index contributed by atoms with van der Waals surface area (Å²) in [5.74, 6) is 2.50. The van der Waals surface area contributed by atoms with Crippen molar-refractivity contribution in [1.29, 1.82) is 0 Å². The second kappa shape index (κ2) is 14.9. The third kappa shape index (κ3) is 8.55. The Hall–Kier alpha value is -5.51. The molecule has 0 aliphatic heterocycles. The monoisotopic (exact) mass is 724 g/mol. The van der Waals surface area contributed by atoms with Gasteiger partial charge in [0.2, 0.25) is 17.2 Å². The topological polar surface area (TPSA) is 175 Å². The molecule has 0 saturated heterocycles. The maximum Gasteiger partial charge on any atom is 0.485 e. The van der Waals surface area contributed by atoms with E-state index in [1.54, 1.807) is 48.5 Å². The number of terminal acetylenes is 1. The minimum Gasteiger partial charge on any atom is -0.741 e. The van der Waals surface area contributed by atoms with Gasteiger partial charge in [0.05, 0.1) is 5.69 Å². The van der Waals surface area contributed by atoms with Crippen LogP contribution in [-0.4, -0.2) is 50.6 Å². The molecule has 0 unspecified atom stereocenters. The summed E-state index contributed by atoms with van der Waals surface area (Å²) < 4.78 is 62.6. The van der Waals surface area contributed by atoms with Crippen molar-refractivity contribution in [2.75, 3.05) is 16.0 Å². The van der Waals surface area contributed by atoms with Crippen molar-refractivity contribution in [3.63, 3.8) is 0 Å². The summed E-state index contributed by atoms with van der Waals surface area (Å²) in [6, 6.07) is 21.4. The Morgan fingerprint density at radius 1 is 0.960 bits per heavy atom. The lowest BCUT2D eigenvalue weighted by atomic mass is 9.94. The van der Waals surface area contributed by atoms with E-state index in [4.69, 9.17) is 19.4 Å². The number of rotatable bonds is 6. The Bertz CT molecular complexity index is 2240. The van der Waals surface area contributed by atoms with Crippen LogP contribution in [0, 0.1) is 12.3 Å². The van der Waals surface area contributed by atoms with Crippen LogP contribution in [0.5, 0.6) is 0 Å². The van der Waals surface area contributed by atoms with Crippen molar-refractivity contribution in [3.8, 4) is 18.0 Å². The van der Waals surface area contributed by atoms with Gasteiger partial charge in [-0.05, 0) is 90.2 Å². The van der Waals surface area contributed by atoms with Crippen LogP contribution in [0.15, 0.2) is 78.0 Å². The Morgan fingerprint density at radius 2 is 1.62 bits per heavy atom. The minimum absolute atomic E-state index is 0.287. The summed E-state index contributed by atoms with van der Waals surface area (Å²) in [5, 5.41) is 21.1. The number of pyridine rings is 1. The number of anilines is 3. The van der Waals surface area contributed by atoms with E-state index < -0.39 is 21.7 Å². The van der Waals surface area contributed by atoms with Gasteiger partial charge in [0.1, 0.15) is 0 Å². The molecule has 3 N–H and O–H groups in total. The highest BCUT2D eigenvalue weighted by molar-refractivity contribution is 7.86. The van der Waals surface area contributed by atoms with Crippen molar-refractivity contribution in [3.05, 3.63) is 89.6 Å². The minimum atomic E-state index is -6.09. The van der Waals surface area contributed by atoms with Gasteiger partial charge < -0.3 is 20.5 Å². The van der Waals surface area contributed by atoms with E-state index in [0.717, 1.165) is 30.2 Å². The molecule has 258 valence electrons. The molecule has 6 rings (SSSR count). The summed E-state index contributed by atoms with van der Waals surface area (Å²) in [5.41, 5.74) is 0.757. The number of amides is 3. The number of benzene rings is 3. The summed E-state index contributed by atoms with van der Waals surface area (Å²) in [6.45, 7) is 0.514. The van der Waals surface area contributed by atoms with Crippen molar-refractivity contribution in [2.45, 2.75) is 42.9 Å². The quantitative estimate of drug-likeness (QED) is 0.0632. The van der Waals surface area contributed by atoms with Gasteiger partial charge in [0.15, 0.2) is 15.8 Å². The summed E-state index contributed by atoms with van der Waals surface area (Å²) in [7, 11) is -6.09. The van der Waals surface area contributed by atoms with Crippen LogP contribution in [-0.2, 0) is 29.5 Å². The van der Waals surface area contributed by atoms with Gasteiger partial charge in [-0.25, -0.2) is 13.2 Å². The van der Waals surface area contributed by atoms with Crippen LogP contribution in [0.4, 0.5) is 35.0 Å². The first kappa shape index (κ1) is 35.8. The smallest absolute Gasteiger partial charge is 0.485 e. The highest BCUT2D eigenvalue weighted by Crippen LogP contribution is 2.26. The molecule has 1 aliphatic carbocycles. The lowest BCUT2D eigenvalue weighted by Crippen LogP contribution is -2.41. The Morgan fingerprint density at radius 3 is 2.28 bits per heavy atom. The van der Waals surface area contributed by atoms with Crippen molar-refractivity contribution < 1.29 is 40.3 Å². The van der Waals surface area contributed by atoms with Crippen LogP contribution in [0.25, 0.3) is 16.6 Å². The van der Waals surface area contributed by atoms with Crippen LogP contribution in [0.1, 0.15) is 34.5 Å². The van der Waals surface area contributed by atoms with Crippen LogP contribution < -0.4 is 20.5 Å². The van der Waals surface area contributed by atoms with Crippen molar-refractivity contribution in [1.82, 2.24) is 20.2 Å². The molecule has 0 spiro atoms. The average Bonchev–Trinajstić information content (AvgIpc) is 3.50. The molecule has 3 aromatic carbocycles. The number of alkyl halides is 3. The third-order valence-electron chi connectivity index (χ3n) is 7.43. The van der Waals surface area contributed by atoms with Gasteiger partial charge in [-0.3, -0.25) is 4.79 Å². The number of carbonyl (C=O) groups is 2. The molecular weight excluding hydrogens is 698 g/mol. The van der Waals surface area contributed by atoms with E-state index in [9.17, 15) is 22.8 Å². The molecule has 3 amide bonds. The van der Waals surface area contributed by atoms with Gasteiger partial charge in [-0.2, -0.15) is 22.4 Å². The molecular formula is C32H27F3N8O5S2. The third-order valence-corrected chi connectivity index (χ3v) is 8.28. The number of hydrogen-bond acceptors (Lipinski definition) is 9. The summed E-state index contributed by atoms with van der Waals surface area (Å²) in [6.07, 6.45) is 10.1. The number of nitrogens with zero attached hydrogens (tertiary/aromatic N) is 5. The number of hydrogen-bond donors (Lipinski definition) is 4. The standard InChI is InChI=1S/C31H26N8O2S.CHF3O3S/c1-2-15-38-27-12-4-3-7-20(27)16-22-18-25(13-14-28(22)38)32-29(40)21-8-5-9-23(17-21)33-30(41)34-24-10-6-11-26(19-24)39-31(42)35-36-37-39;2-1(3,4)8(5,6)7/h1,5-6,8-11,13-14,16-19H,3-4,7,12,15H2,(H3-,32,33,34,35,37,40,41,42);(H,5,6,7). The molecule has 50 heavy (non-hydrogen) atoms. The molecule has 18 heteroatoms. The highest BCUT2D eigenvalue weighted by Gasteiger charge is 2.37. The molecule has 0 atom stereocenters. The van der Waals surface area contributed by atoms with Gasteiger partial charge in [0.25, 0.3) is 5.91 Å². The molecule has 5 aromatic rings. The van der Waals surface area contributed by atoms with E-state index in [-0.39, 0.29) is 5.91 Å². The van der Waals surface area contributed by atoms with Crippen LogP contribution in [0.2, 0.25) is 0 Å². The predicted octanol–water partition coefficient (Wildman–Crippen LogP) is 4.85. The fourth-order valence-corrected chi connectivity index (χ4v) is 5.47. The summed E-state index contributed by atoms with van der Waals surface area (Å²) in [4.78, 5) is 25.9. The number of tetrazole rings is 1. The Kier molecular flexibility index (Phi) is 10.7. The number of nitrogens with one attached hydrogen (secondary N) is 3. The zero-order valence-electron chi connectivity index (χ0n) is 25.8. The average molecular weight is 725 g/mol. The van der Waals surface area contributed by atoms with Gasteiger partial charge in [-0.1, -0.05) is 12.1 Å². The first-order chi connectivity index (χ1) is 23.7. The molecule has 2 aromatic heterocycles. The van der Waals surface area contributed by atoms with Gasteiger partial charge >= 0.3 is 11.5 Å². The number of aryl methyl sites for hydroxylation is 1. The predicted molar refractivity (Wildman–Crippen MR) is 179 cm³/mol. The normalized spacial score (nSPS) is 12.6. The van der Waals surface area contributed by atoms with E-state index in [0.29, 0.717) is 40.0 Å². The second-order valence-corrected chi connectivity index (χ2v) is 12.6. The second-order valence-electron chi connectivity index (χ2n) is 10.8. The molecule has 0 saturated carbocycles. The van der Waals surface area contributed by atoms with Crippen molar-refractivity contribution >= 4 is 62.7 Å². The first-order valence-electron chi connectivity index (χ1n) is 14.7. The van der Waals surface area contributed by atoms with Gasteiger partial charge in [0, 0.05) is 46.1 Å². The Balaban J connectivity index is 0.000000544. The van der Waals surface area contributed by atoms with Gasteiger partial charge in [-0.15, -0.1) is 24.2 Å². The molecule has 1 aliphatic rings. The molecule has 0 bridgehead atoms. The highest BCUT2D eigenvalue weighted by atomic mass is 32.2. The number of urea groups is 1. The number of halogens is 3. The number of fused-ring (bicyclic) bond motifs is 2. The van der Waals surface area contributed by atoms with E-state index in [2.05, 4.69) is 60.7 Å². The largest absolute Gasteiger partial charge is 0.741 e. The summed E-state index contributed by atoms with van der Waals surface area (Å²) >= 11 is 4.22. The van der Waals surface area contributed by atoms with E-state index >= 15 is 0 Å². The fourth-order valence-electron chi connectivity index (χ4n) is 5.27. The fraction of sp³-hybridized carbons (Fsp3) is 0.188. The van der Waals surface area contributed by atoms with Crippen molar-refractivity contribution in [2.24, 2.45) is 0 Å². The van der Waals surface area contributed by atoms with E-state index in [1.165, 1.54) is 22.4 Å². The molecule has 2 heterocycles. The zero-order valence-corrected chi connectivity index (χ0v) is 27.5. The van der Waals surface area contributed by atoms with Crippen LogP contribution >= 0.6 is 12.6 Å². The molecule has 13 nitrogen and oxygen atoms in total. The Labute approximate surface area is 289 Å². The lowest BCUT2D eigenvalue weighted by Gasteiger charge is -2.16. The number of aromatic nitrogens is 5. The number of thiol groups is 1. The van der Waals surface area contributed by atoms with E-state index in [1.807, 2.05) is 18.2 Å². The SMILES string of the molecule is C#CC[n+]1c2c(cc3cc(NC(=O)c4cccc(NC(=O)Nc5cccc(-n6nnnc6S)c5)c4)ccc31)CCCC2.O=S(=O)([O-])C(F)(F)F. The number of carbonyl (C=O) groups excluding carboxylic acids is 2. The molecule has 0 fully saturated rings. The maximum atomic E-state index is 13.2. The maximum absolute atomic E-state index is 13.2. The van der Waals surface area contributed by atoms with Crippen LogP contribution in [0.3, 0.4) is 0 Å². The zero-order chi connectivity index (χ0) is 36.1. The molecule has 0 radical (unpaired) electrons. The first-order valence-corrected chi connectivity index (χ1v) is 16.6.